The third kappa shape index (κ3) is 4.24. The van der Waals surface area contributed by atoms with E-state index in [9.17, 15) is 13.2 Å². The molecule has 110 valence electrons. The van der Waals surface area contributed by atoms with Gasteiger partial charge < -0.3 is 5.32 Å². The van der Waals surface area contributed by atoms with Crippen molar-refractivity contribution < 1.29 is 13.2 Å². The van der Waals surface area contributed by atoms with Crippen LogP contribution in [0.1, 0.15) is 6.42 Å². The first-order valence-corrected chi connectivity index (χ1v) is 8.41. The van der Waals surface area contributed by atoms with E-state index in [4.69, 9.17) is 23.2 Å². The van der Waals surface area contributed by atoms with Gasteiger partial charge in [-0.3, -0.25) is 5.43 Å². The Morgan fingerprint density at radius 3 is 2.60 bits per heavy atom. The molecule has 1 aliphatic rings. The summed E-state index contributed by atoms with van der Waals surface area (Å²) in [7, 11) is -2.98. The van der Waals surface area contributed by atoms with Gasteiger partial charge in [-0.1, -0.05) is 23.2 Å². The van der Waals surface area contributed by atoms with Gasteiger partial charge in [0.25, 0.3) is 0 Å². The maximum Gasteiger partial charge on any atom is 0.333 e. The minimum Gasteiger partial charge on any atom is -0.307 e. The van der Waals surface area contributed by atoms with Crippen molar-refractivity contribution in [3.8, 4) is 0 Å². The van der Waals surface area contributed by atoms with Crippen molar-refractivity contribution in [2.75, 3.05) is 16.8 Å². The highest BCUT2D eigenvalue weighted by Crippen LogP contribution is 2.24. The second-order valence-corrected chi connectivity index (χ2v) is 7.50. The number of hydrazine groups is 1. The molecule has 20 heavy (non-hydrogen) atoms. The molecular weight excluding hydrogens is 325 g/mol. The minimum atomic E-state index is -2.98. The molecule has 1 aromatic carbocycles. The van der Waals surface area contributed by atoms with Crippen LogP contribution in [0.25, 0.3) is 0 Å². The molecule has 0 saturated carbocycles. The first-order chi connectivity index (χ1) is 9.35. The van der Waals surface area contributed by atoms with Crippen LogP contribution in [-0.2, 0) is 9.84 Å². The lowest BCUT2D eigenvalue weighted by Gasteiger charge is -2.13. The van der Waals surface area contributed by atoms with Gasteiger partial charge in [0.15, 0.2) is 9.84 Å². The number of hydrogen-bond acceptors (Lipinski definition) is 4. The predicted octanol–water partition coefficient (Wildman–Crippen LogP) is 1.81. The number of nitrogens with one attached hydrogen (secondary N) is 3. The van der Waals surface area contributed by atoms with Crippen LogP contribution in [0.15, 0.2) is 18.2 Å². The number of halogens is 2. The lowest BCUT2D eigenvalue weighted by molar-refractivity contribution is 0.246. The van der Waals surface area contributed by atoms with Gasteiger partial charge in [-0.15, -0.1) is 0 Å². The Morgan fingerprint density at radius 2 is 2.00 bits per heavy atom. The van der Waals surface area contributed by atoms with Gasteiger partial charge in [0.2, 0.25) is 0 Å². The number of rotatable bonds is 3. The van der Waals surface area contributed by atoms with Crippen LogP contribution >= 0.6 is 23.2 Å². The summed E-state index contributed by atoms with van der Waals surface area (Å²) in [6.45, 7) is 0. The van der Waals surface area contributed by atoms with Gasteiger partial charge >= 0.3 is 6.03 Å². The lowest BCUT2D eigenvalue weighted by Crippen LogP contribution is -2.46. The summed E-state index contributed by atoms with van der Waals surface area (Å²) in [6, 6.07) is 3.92. The molecule has 1 saturated heterocycles. The van der Waals surface area contributed by atoms with Crippen LogP contribution in [0.5, 0.6) is 0 Å². The summed E-state index contributed by atoms with van der Waals surface area (Å²) < 4.78 is 22.5. The Bertz CT molecular complexity index is 621. The molecule has 9 heteroatoms. The molecule has 0 radical (unpaired) electrons. The summed E-state index contributed by atoms with van der Waals surface area (Å²) in [5, 5.41) is 3.28. The van der Waals surface area contributed by atoms with E-state index < -0.39 is 15.9 Å². The van der Waals surface area contributed by atoms with Gasteiger partial charge in [0.1, 0.15) is 0 Å². The second kappa shape index (κ2) is 6.17. The third-order valence-corrected chi connectivity index (χ3v) is 5.31. The summed E-state index contributed by atoms with van der Waals surface area (Å²) in [5.74, 6) is 0.167. The zero-order valence-electron chi connectivity index (χ0n) is 10.3. The summed E-state index contributed by atoms with van der Waals surface area (Å²) in [4.78, 5) is 11.6. The maximum absolute atomic E-state index is 11.6. The van der Waals surface area contributed by atoms with Crippen LogP contribution in [-0.4, -0.2) is 32.0 Å². The van der Waals surface area contributed by atoms with Crippen LogP contribution in [0, 0.1) is 0 Å². The van der Waals surface area contributed by atoms with Crippen molar-refractivity contribution in [3.63, 3.8) is 0 Å². The van der Waals surface area contributed by atoms with E-state index in [-0.39, 0.29) is 17.5 Å². The van der Waals surface area contributed by atoms with Gasteiger partial charge in [-0.2, -0.15) is 0 Å². The monoisotopic (exact) mass is 337 g/mol. The fourth-order valence-electron chi connectivity index (χ4n) is 1.81. The highest BCUT2D eigenvalue weighted by molar-refractivity contribution is 7.91. The number of hydrogen-bond donors (Lipinski definition) is 3. The molecule has 0 aliphatic carbocycles. The Labute approximate surface area is 126 Å². The molecule has 0 spiro atoms. The van der Waals surface area contributed by atoms with Gasteiger partial charge in [-0.05, 0) is 24.6 Å². The van der Waals surface area contributed by atoms with E-state index in [1.165, 1.54) is 6.07 Å². The number of anilines is 1. The number of sulfone groups is 1. The fourth-order valence-corrected chi connectivity index (χ4v) is 3.78. The van der Waals surface area contributed by atoms with E-state index in [0.717, 1.165) is 0 Å². The van der Waals surface area contributed by atoms with E-state index >= 15 is 0 Å². The fraction of sp³-hybridized carbons (Fsp3) is 0.364. The molecule has 6 nitrogen and oxygen atoms in total. The first-order valence-electron chi connectivity index (χ1n) is 5.84. The molecular formula is C11H13Cl2N3O3S. The molecule has 3 N–H and O–H groups in total. The standard InChI is InChI=1S/C11H13Cl2N3O3S/c12-9-2-1-7(5-10(9)13)14-11(17)16-15-8-3-4-20(18,19)6-8/h1-2,5,8,15H,3-4,6H2,(H2,14,16,17)/t8-/m1/s1. The molecule has 1 aliphatic heterocycles. The van der Waals surface area contributed by atoms with Crippen LogP contribution in [0.2, 0.25) is 10.0 Å². The van der Waals surface area contributed by atoms with Gasteiger partial charge in [0.05, 0.1) is 21.6 Å². The SMILES string of the molecule is O=C(NN[C@@H]1CCS(=O)(=O)C1)Nc1ccc(Cl)c(Cl)c1. The highest BCUT2D eigenvalue weighted by Gasteiger charge is 2.27. The van der Waals surface area contributed by atoms with Crippen molar-refractivity contribution in [2.24, 2.45) is 0 Å². The minimum absolute atomic E-state index is 0.0278. The number of urea groups is 1. The zero-order chi connectivity index (χ0) is 14.8. The van der Waals surface area contributed by atoms with E-state index in [2.05, 4.69) is 16.2 Å². The zero-order valence-corrected chi connectivity index (χ0v) is 12.6. The average Bonchev–Trinajstić information content (AvgIpc) is 2.71. The number of carbonyl (C=O) groups excluding carboxylic acids is 1. The Hall–Kier alpha value is -1.02. The summed E-state index contributed by atoms with van der Waals surface area (Å²) in [5.41, 5.74) is 5.57. The number of benzene rings is 1. The van der Waals surface area contributed by atoms with Crippen molar-refractivity contribution in [3.05, 3.63) is 28.2 Å². The predicted molar refractivity (Wildman–Crippen MR) is 78.8 cm³/mol. The molecule has 1 aromatic rings. The largest absolute Gasteiger partial charge is 0.333 e. The molecule has 0 aromatic heterocycles. The van der Waals surface area contributed by atoms with Crippen LogP contribution < -0.4 is 16.2 Å². The summed E-state index contributed by atoms with van der Waals surface area (Å²) >= 11 is 11.6. The van der Waals surface area contributed by atoms with Crippen molar-refractivity contribution >= 4 is 44.8 Å². The molecule has 1 fully saturated rings. The molecule has 2 rings (SSSR count). The van der Waals surface area contributed by atoms with Crippen LogP contribution in [0.4, 0.5) is 10.5 Å². The van der Waals surface area contributed by atoms with Crippen LogP contribution in [0.3, 0.4) is 0 Å². The van der Waals surface area contributed by atoms with E-state index in [1.807, 2.05) is 0 Å². The lowest BCUT2D eigenvalue weighted by atomic mass is 10.3. The van der Waals surface area contributed by atoms with E-state index in [1.54, 1.807) is 12.1 Å². The Morgan fingerprint density at radius 1 is 1.25 bits per heavy atom. The second-order valence-electron chi connectivity index (χ2n) is 4.45. The number of carbonyl (C=O) groups is 1. The Balaban J connectivity index is 1.82. The van der Waals surface area contributed by atoms with Gasteiger partial charge in [-0.25, -0.2) is 18.6 Å². The quantitative estimate of drug-likeness (QED) is 0.734. The molecule has 1 atom stereocenters. The van der Waals surface area contributed by atoms with E-state index in [0.29, 0.717) is 22.2 Å². The average molecular weight is 338 g/mol. The van der Waals surface area contributed by atoms with Crippen molar-refractivity contribution in [1.29, 1.82) is 0 Å². The maximum atomic E-state index is 11.6. The van der Waals surface area contributed by atoms with Gasteiger partial charge in [0, 0.05) is 11.7 Å². The Kier molecular flexibility index (Phi) is 4.74. The van der Waals surface area contributed by atoms with Crippen molar-refractivity contribution in [2.45, 2.75) is 12.5 Å². The molecule has 0 bridgehead atoms. The normalized spacial score (nSPS) is 20.6. The molecule has 1 heterocycles. The third-order valence-electron chi connectivity index (χ3n) is 2.80. The smallest absolute Gasteiger partial charge is 0.307 e. The van der Waals surface area contributed by atoms with Crippen molar-refractivity contribution in [1.82, 2.24) is 10.9 Å². The molecule has 0 unspecified atom stereocenters. The highest BCUT2D eigenvalue weighted by atomic mass is 35.5. The first kappa shape index (κ1) is 15.4. The number of amides is 2. The summed E-state index contributed by atoms with van der Waals surface area (Å²) in [6.07, 6.45) is 0.482. The molecule has 2 amide bonds. The topological polar surface area (TPSA) is 87.3 Å².